The van der Waals surface area contributed by atoms with Crippen LogP contribution in [0.25, 0.3) is 0 Å². The summed E-state index contributed by atoms with van der Waals surface area (Å²) in [6.45, 7) is 8.78. The molecule has 2 atom stereocenters. The van der Waals surface area contributed by atoms with Crippen molar-refractivity contribution in [3.8, 4) is 0 Å². The summed E-state index contributed by atoms with van der Waals surface area (Å²) in [7, 11) is 0. The highest BCUT2D eigenvalue weighted by atomic mass is 79.9. The Bertz CT molecular complexity index is 350. The molecule has 0 aromatic heterocycles. The molecule has 16 heavy (non-hydrogen) atoms. The van der Waals surface area contributed by atoms with E-state index in [2.05, 4.69) is 54.9 Å². The third kappa shape index (κ3) is 3.79. The SMILES string of the molecule is CC(C)C(C)Sc1ccc([C@H](C)N)c(Br)c1. The minimum Gasteiger partial charge on any atom is -0.324 e. The normalized spacial score (nSPS) is 15.2. The molecular formula is C13H20BrNS. The fourth-order valence-corrected chi connectivity index (χ4v) is 3.23. The van der Waals surface area contributed by atoms with Gasteiger partial charge in [0.05, 0.1) is 0 Å². The topological polar surface area (TPSA) is 26.0 Å². The predicted octanol–water partition coefficient (Wildman–Crippen LogP) is 4.61. The van der Waals surface area contributed by atoms with E-state index in [1.807, 2.05) is 18.7 Å². The maximum Gasteiger partial charge on any atom is 0.0277 e. The van der Waals surface area contributed by atoms with Gasteiger partial charge in [-0.25, -0.2) is 0 Å². The third-order valence-electron chi connectivity index (χ3n) is 2.72. The zero-order valence-electron chi connectivity index (χ0n) is 10.3. The average molecular weight is 302 g/mol. The number of hydrogen-bond donors (Lipinski definition) is 1. The summed E-state index contributed by atoms with van der Waals surface area (Å²) < 4.78 is 1.11. The largest absolute Gasteiger partial charge is 0.324 e. The lowest BCUT2D eigenvalue weighted by atomic mass is 10.1. The first kappa shape index (κ1) is 14.1. The van der Waals surface area contributed by atoms with Crippen LogP contribution >= 0.6 is 27.7 Å². The van der Waals surface area contributed by atoms with Gasteiger partial charge < -0.3 is 5.73 Å². The van der Waals surface area contributed by atoms with E-state index >= 15 is 0 Å². The van der Waals surface area contributed by atoms with Crippen molar-refractivity contribution in [2.75, 3.05) is 0 Å². The smallest absolute Gasteiger partial charge is 0.0277 e. The van der Waals surface area contributed by atoms with Crippen LogP contribution in [0.4, 0.5) is 0 Å². The summed E-state index contributed by atoms with van der Waals surface area (Å²) in [5.41, 5.74) is 7.05. The highest BCUT2D eigenvalue weighted by Crippen LogP contribution is 2.32. The predicted molar refractivity (Wildman–Crippen MR) is 76.9 cm³/mol. The third-order valence-corrected chi connectivity index (χ3v) is 4.85. The van der Waals surface area contributed by atoms with E-state index in [9.17, 15) is 0 Å². The second-order valence-corrected chi connectivity index (χ2v) is 6.84. The summed E-state index contributed by atoms with van der Waals surface area (Å²) in [5, 5.41) is 0.632. The monoisotopic (exact) mass is 301 g/mol. The number of halogens is 1. The first-order valence-corrected chi connectivity index (χ1v) is 7.30. The van der Waals surface area contributed by atoms with E-state index in [4.69, 9.17) is 5.73 Å². The Morgan fingerprint density at radius 3 is 2.25 bits per heavy atom. The van der Waals surface area contributed by atoms with Crippen molar-refractivity contribution >= 4 is 27.7 Å². The molecule has 1 aromatic carbocycles. The molecule has 1 nitrogen and oxygen atoms in total. The number of nitrogens with two attached hydrogens (primary N) is 1. The molecule has 0 aliphatic rings. The molecule has 2 N–H and O–H groups in total. The summed E-state index contributed by atoms with van der Waals surface area (Å²) in [6, 6.07) is 6.52. The van der Waals surface area contributed by atoms with Crippen molar-refractivity contribution in [3.63, 3.8) is 0 Å². The molecule has 0 saturated carbocycles. The van der Waals surface area contributed by atoms with Crippen molar-refractivity contribution in [3.05, 3.63) is 28.2 Å². The lowest BCUT2D eigenvalue weighted by Gasteiger charge is -2.16. The van der Waals surface area contributed by atoms with Crippen LogP contribution in [0.1, 0.15) is 39.3 Å². The standard InChI is InChI=1S/C13H20BrNS/c1-8(2)10(4)16-11-5-6-12(9(3)15)13(14)7-11/h5-10H,15H2,1-4H3/t9-,10?/m0/s1. The van der Waals surface area contributed by atoms with Gasteiger partial charge in [0.15, 0.2) is 0 Å². The van der Waals surface area contributed by atoms with Crippen LogP contribution in [0.2, 0.25) is 0 Å². The lowest BCUT2D eigenvalue weighted by molar-refractivity contribution is 0.642. The molecule has 0 aliphatic carbocycles. The molecule has 0 saturated heterocycles. The fourth-order valence-electron chi connectivity index (χ4n) is 1.30. The van der Waals surface area contributed by atoms with Gasteiger partial charge in [0.25, 0.3) is 0 Å². The zero-order valence-corrected chi connectivity index (χ0v) is 12.7. The number of benzene rings is 1. The Morgan fingerprint density at radius 2 is 1.81 bits per heavy atom. The second kappa shape index (κ2) is 6.08. The van der Waals surface area contributed by atoms with Crippen LogP contribution in [0.3, 0.4) is 0 Å². The number of hydrogen-bond acceptors (Lipinski definition) is 2. The average Bonchev–Trinajstić information content (AvgIpc) is 2.16. The second-order valence-electron chi connectivity index (χ2n) is 4.54. The van der Waals surface area contributed by atoms with E-state index in [1.54, 1.807) is 0 Å². The van der Waals surface area contributed by atoms with E-state index in [-0.39, 0.29) is 6.04 Å². The lowest BCUT2D eigenvalue weighted by Crippen LogP contribution is -2.07. The quantitative estimate of drug-likeness (QED) is 0.822. The summed E-state index contributed by atoms with van der Waals surface area (Å²) in [5.74, 6) is 0.692. The maximum atomic E-state index is 5.88. The van der Waals surface area contributed by atoms with Crippen molar-refractivity contribution < 1.29 is 0 Å². The van der Waals surface area contributed by atoms with Crippen molar-refractivity contribution in [2.45, 2.75) is 43.9 Å². The first-order chi connectivity index (χ1) is 7.41. The van der Waals surface area contributed by atoms with Crippen LogP contribution < -0.4 is 5.73 Å². The van der Waals surface area contributed by atoms with Crippen LogP contribution in [-0.4, -0.2) is 5.25 Å². The van der Waals surface area contributed by atoms with Gasteiger partial charge in [-0.1, -0.05) is 42.8 Å². The van der Waals surface area contributed by atoms with E-state index in [0.717, 1.165) is 4.47 Å². The van der Waals surface area contributed by atoms with Gasteiger partial charge in [-0.05, 0) is 30.5 Å². The van der Waals surface area contributed by atoms with Gasteiger partial charge in [0.1, 0.15) is 0 Å². The molecule has 0 aliphatic heterocycles. The minimum absolute atomic E-state index is 0.0796. The van der Waals surface area contributed by atoms with Gasteiger partial charge in [-0.15, -0.1) is 11.8 Å². The first-order valence-electron chi connectivity index (χ1n) is 5.63. The van der Waals surface area contributed by atoms with Crippen LogP contribution in [-0.2, 0) is 0 Å². The molecule has 3 heteroatoms. The summed E-state index contributed by atoms with van der Waals surface area (Å²) in [6.07, 6.45) is 0. The van der Waals surface area contributed by atoms with Crippen molar-refractivity contribution in [1.29, 1.82) is 0 Å². The van der Waals surface area contributed by atoms with Gasteiger partial charge in [0, 0.05) is 20.7 Å². The van der Waals surface area contributed by atoms with Crippen LogP contribution in [0, 0.1) is 5.92 Å². The fraction of sp³-hybridized carbons (Fsp3) is 0.538. The van der Waals surface area contributed by atoms with Gasteiger partial charge in [-0.3, -0.25) is 0 Å². The molecule has 0 spiro atoms. The number of thioether (sulfide) groups is 1. The van der Waals surface area contributed by atoms with E-state index < -0.39 is 0 Å². The Hall–Kier alpha value is 0.01000. The zero-order chi connectivity index (χ0) is 12.3. The maximum absolute atomic E-state index is 5.88. The van der Waals surface area contributed by atoms with E-state index in [1.165, 1.54) is 10.5 Å². The summed E-state index contributed by atoms with van der Waals surface area (Å²) in [4.78, 5) is 1.30. The molecule has 90 valence electrons. The molecule has 0 heterocycles. The summed E-state index contributed by atoms with van der Waals surface area (Å²) >= 11 is 5.50. The van der Waals surface area contributed by atoms with Crippen molar-refractivity contribution in [2.24, 2.45) is 11.7 Å². The molecule has 1 unspecified atom stereocenters. The molecule has 0 bridgehead atoms. The molecule has 0 amide bonds. The Kier molecular flexibility index (Phi) is 5.35. The molecule has 1 aromatic rings. The highest BCUT2D eigenvalue weighted by Gasteiger charge is 2.11. The van der Waals surface area contributed by atoms with E-state index in [0.29, 0.717) is 11.2 Å². The van der Waals surface area contributed by atoms with Crippen LogP contribution in [0.15, 0.2) is 27.6 Å². The molecule has 1 rings (SSSR count). The molecule has 0 radical (unpaired) electrons. The Balaban J connectivity index is 2.81. The van der Waals surface area contributed by atoms with Gasteiger partial charge in [0.2, 0.25) is 0 Å². The van der Waals surface area contributed by atoms with Gasteiger partial charge >= 0.3 is 0 Å². The number of rotatable bonds is 4. The molecular weight excluding hydrogens is 282 g/mol. The van der Waals surface area contributed by atoms with Gasteiger partial charge in [-0.2, -0.15) is 0 Å². The minimum atomic E-state index is 0.0796. The van der Waals surface area contributed by atoms with Crippen molar-refractivity contribution in [1.82, 2.24) is 0 Å². The van der Waals surface area contributed by atoms with Crippen LogP contribution in [0.5, 0.6) is 0 Å². The Morgan fingerprint density at radius 1 is 1.19 bits per heavy atom. The highest BCUT2D eigenvalue weighted by molar-refractivity contribution is 9.10. The Labute approximate surface area is 111 Å². The molecule has 0 fully saturated rings.